The van der Waals surface area contributed by atoms with E-state index in [2.05, 4.69) is 45.1 Å². The molecule has 76 heavy (non-hydrogen) atoms. The maximum atomic E-state index is 12.8. The summed E-state index contributed by atoms with van der Waals surface area (Å²) >= 11 is 0. The van der Waals surface area contributed by atoms with Gasteiger partial charge in [0.2, 0.25) is 0 Å². The van der Waals surface area contributed by atoms with Crippen molar-refractivity contribution in [1.82, 2.24) is 0 Å². The lowest BCUT2D eigenvalue weighted by atomic mass is 10.0. The van der Waals surface area contributed by atoms with Gasteiger partial charge >= 0.3 is 17.9 Å². The highest BCUT2D eigenvalue weighted by atomic mass is 16.6. The molecule has 0 aliphatic carbocycles. The second-order valence-electron chi connectivity index (χ2n) is 23.4. The van der Waals surface area contributed by atoms with Crippen molar-refractivity contribution in [2.75, 3.05) is 13.2 Å². The van der Waals surface area contributed by atoms with Gasteiger partial charge < -0.3 is 14.2 Å². The number of ether oxygens (including phenoxy) is 3. The van der Waals surface area contributed by atoms with Crippen LogP contribution >= 0.6 is 0 Å². The lowest BCUT2D eigenvalue weighted by molar-refractivity contribution is -0.167. The Labute approximate surface area is 474 Å². The fourth-order valence-electron chi connectivity index (χ4n) is 10.5. The van der Waals surface area contributed by atoms with Gasteiger partial charge in [0.05, 0.1) is 0 Å². The normalized spacial score (nSPS) is 12.1. The summed E-state index contributed by atoms with van der Waals surface area (Å²) in [6.45, 7) is 6.62. The highest BCUT2D eigenvalue weighted by molar-refractivity contribution is 5.71. The van der Waals surface area contributed by atoms with Gasteiger partial charge in [-0.25, -0.2) is 0 Å². The van der Waals surface area contributed by atoms with Gasteiger partial charge in [-0.2, -0.15) is 0 Å². The number of rotatable bonds is 64. The molecule has 0 aromatic rings. The third-order valence-corrected chi connectivity index (χ3v) is 15.7. The Hall–Kier alpha value is -2.11. The molecule has 0 radical (unpaired) electrons. The summed E-state index contributed by atoms with van der Waals surface area (Å²) in [5, 5.41) is 0. The average Bonchev–Trinajstić information content (AvgIpc) is 3.42. The first kappa shape index (κ1) is 73.9. The summed E-state index contributed by atoms with van der Waals surface area (Å²) in [7, 11) is 0. The molecule has 0 fully saturated rings. The summed E-state index contributed by atoms with van der Waals surface area (Å²) in [4.78, 5) is 38.1. The topological polar surface area (TPSA) is 78.9 Å². The molecule has 0 bridgehead atoms. The molecule has 0 saturated heterocycles. The van der Waals surface area contributed by atoms with Crippen molar-refractivity contribution in [3.05, 3.63) is 24.3 Å². The molecule has 0 aromatic carbocycles. The van der Waals surface area contributed by atoms with Crippen LogP contribution in [0.3, 0.4) is 0 Å². The number of carbonyl (C=O) groups is 3. The van der Waals surface area contributed by atoms with E-state index in [0.717, 1.165) is 70.6 Å². The Morgan fingerprint density at radius 1 is 0.250 bits per heavy atom. The van der Waals surface area contributed by atoms with E-state index in [9.17, 15) is 14.4 Å². The van der Waals surface area contributed by atoms with Gasteiger partial charge in [-0.3, -0.25) is 14.4 Å². The predicted molar refractivity (Wildman–Crippen MR) is 330 cm³/mol. The molecular formula is C70H132O6. The Morgan fingerprint density at radius 2 is 0.447 bits per heavy atom. The summed E-state index contributed by atoms with van der Waals surface area (Å²) in [5.41, 5.74) is 0. The van der Waals surface area contributed by atoms with Crippen LogP contribution < -0.4 is 0 Å². The molecule has 6 heteroatoms. The predicted octanol–water partition coefficient (Wildman–Crippen LogP) is 23.4. The Kier molecular flexibility index (Phi) is 63.6. The molecular weight excluding hydrogens is 937 g/mol. The van der Waals surface area contributed by atoms with Crippen LogP contribution in [0.1, 0.15) is 387 Å². The van der Waals surface area contributed by atoms with Crippen molar-refractivity contribution in [2.24, 2.45) is 0 Å². The zero-order valence-electron chi connectivity index (χ0n) is 51.6. The molecule has 448 valence electrons. The van der Waals surface area contributed by atoms with E-state index in [1.54, 1.807) is 0 Å². The Bertz CT molecular complexity index is 1230. The first-order chi connectivity index (χ1) is 37.5. The largest absolute Gasteiger partial charge is 0.462 e. The fraction of sp³-hybridized carbons (Fsp3) is 0.900. The van der Waals surface area contributed by atoms with Crippen LogP contribution in [0.2, 0.25) is 0 Å². The molecule has 0 rings (SSSR count). The fourth-order valence-corrected chi connectivity index (χ4v) is 10.5. The van der Waals surface area contributed by atoms with Crippen LogP contribution in [0, 0.1) is 0 Å². The van der Waals surface area contributed by atoms with E-state index in [4.69, 9.17) is 14.2 Å². The first-order valence-electron chi connectivity index (χ1n) is 34.3. The molecule has 1 unspecified atom stereocenters. The summed E-state index contributed by atoms with van der Waals surface area (Å²) in [6.07, 6.45) is 79.6. The molecule has 0 spiro atoms. The van der Waals surface area contributed by atoms with Gasteiger partial charge in [0.1, 0.15) is 13.2 Å². The number of hydrogen-bond acceptors (Lipinski definition) is 6. The highest BCUT2D eigenvalue weighted by Crippen LogP contribution is 2.19. The number of unbranched alkanes of at least 4 members (excludes halogenated alkanes) is 49. The van der Waals surface area contributed by atoms with Crippen molar-refractivity contribution in [3.8, 4) is 0 Å². The van der Waals surface area contributed by atoms with Gasteiger partial charge in [-0.15, -0.1) is 0 Å². The smallest absolute Gasteiger partial charge is 0.306 e. The van der Waals surface area contributed by atoms with Crippen LogP contribution in [-0.4, -0.2) is 37.2 Å². The zero-order chi connectivity index (χ0) is 55.0. The maximum Gasteiger partial charge on any atom is 0.306 e. The van der Waals surface area contributed by atoms with Gasteiger partial charge in [-0.1, -0.05) is 328 Å². The second-order valence-corrected chi connectivity index (χ2v) is 23.4. The first-order valence-corrected chi connectivity index (χ1v) is 34.3. The standard InChI is InChI=1S/C70H132O6/c1-4-7-10-13-16-19-22-24-25-26-27-28-29-30-31-32-33-34-35-36-37-38-39-40-41-42-43-44-45-46-49-51-54-57-60-63-69(72)75-66-67(65-74-68(71)62-59-56-53-50-47-21-18-15-12-9-6-3)76-70(73)64-61-58-55-52-48-23-20-17-14-11-8-5-2/h15,17-18,20,67H,4-14,16,19,21-66H2,1-3H3/b18-15-,20-17-. The summed E-state index contributed by atoms with van der Waals surface area (Å²) in [6, 6.07) is 0. The monoisotopic (exact) mass is 1070 g/mol. The van der Waals surface area contributed by atoms with Crippen LogP contribution in [-0.2, 0) is 28.6 Å². The number of esters is 3. The Balaban J connectivity index is 3.94. The molecule has 0 heterocycles. The lowest BCUT2D eigenvalue weighted by Crippen LogP contribution is -2.30. The molecule has 0 saturated carbocycles. The van der Waals surface area contributed by atoms with E-state index in [-0.39, 0.29) is 31.1 Å². The third-order valence-electron chi connectivity index (χ3n) is 15.7. The van der Waals surface area contributed by atoms with Gasteiger partial charge in [0, 0.05) is 19.3 Å². The SMILES string of the molecule is CCCC/C=C\CCCCCCCC(=O)OCC(COC(=O)CCCCCCCCCCCCCCCCCCCCCCCCCCCCCCCCCCCCC)OC(=O)CCCCCCC/C=C\CCCCC. The second kappa shape index (κ2) is 65.4. The Morgan fingerprint density at radius 3 is 0.724 bits per heavy atom. The van der Waals surface area contributed by atoms with Crippen LogP contribution in [0.15, 0.2) is 24.3 Å². The zero-order valence-corrected chi connectivity index (χ0v) is 51.6. The van der Waals surface area contributed by atoms with Gasteiger partial charge in [0.25, 0.3) is 0 Å². The minimum absolute atomic E-state index is 0.0730. The van der Waals surface area contributed by atoms with Gasteiger partial charge in [0.15, 0.2) is 6.10 Å². The van der Waals surface area contributed by atoms with Crippen molar-refractivity contribution in [3.63, 3.8) is 0 Å². The van der Waals surface area contributed by atoms with Crippen LogP contribution in [0.4, 0.5) is 0 Å². The highest BCUT2D eigenvalue weighted by Gasteiger charge is 2.19. The van der Waals surface area contributed by atoms with E-state index < -0.39 is 6.10 Å². The van der Waals surface area contributed by atoms with E-state index in [0.29, 0.717) is 19.3 Å². The molecule has 0 aliphatic heterocycles. The molecule has 6 nitrogen and oxygen atoms in total. The van der Waals surface area contributed by atoms with Crippen molar-refractivity contribution < 1.29 is 28.6 Å². The number of allylic oxidation sites excluding steroid dienone is 4. The number of hydrogen-bond donors (Lipinski definition) is 0. The van der Waals surface area contributed by atoms with E-state index in [1.807, 2.05) is 0 Å². The van der Waals surface area contributed by atoms with Crippen molar-refractivity contribution in [2.45, 2.75) is 393 Å². The van der Waals surface area contributed by atoms with Crippen molar-refractivity contribution >= 4 is 17.9 Å². The summed E-state index contributed by atoms with van der Waals surface area (Å²) in [5.74, 6) is -0.872. The molecule has 0 amide bonds. The maximum absolute atomic E-state index is 12.8. The van der Waals surface area contributed by atoms with Gasteiger partial charge in [-0.05, 0) is 64.2 Å². The van der Waals surface area contributed by atoms with E-state index in [1.165, 1.54) is 276 Å². The third kappa shape index (κ3) is 62.7. The molecule has 0 aromatic heterocycles. The minimum Gasteiger partial charge on any atom is -0.462 e. The molecule has 0 aliphatic rings. The van der Waals surface area contributed by atoms with E-state index >= 15 is 0 Å². The lowest BCUT2D eigenvalue weighted by Gasteiger charge is -2.18. The minimum atomic E-state index is -0.775. The molecule has 1 atom stereocenters. The average molecular weight is 1070 g/mol. The summed E-state index contributed by atoms with van der Waals surface area (Å²) < 4.78 is 16.9. The molecule has 0 N–H and O–H groups in total. The number of carbonyl (C=O) groups excluding carboxylic acids is 3. The van der Waals surface area contributed by atoms with Crippen LogP contribution in [0.5, 0.6) is 0 Å². The quantitative estimate of drug-likeness (QED) is 0.0261. The van der Waals surface area contributed by atoms with Crippen molar-refractivity contribution in [1.29, 1.82) is 0 Å². The van der Waals surface area contributed by atoms with Crippen LogP contribution in [0.25, 0.3) is 0 Å².